The van der Waals surface area contributed by atoms with E-state index in [-0.39, 0.29) is 5.97 Å². The van der Waals surface area contributed by atoms with Crippen LogP contribution in [0.15, 0.2) is 58.8 Å². The zero-order valence-corrected chi connectivity index (χ0v) is 14.4. The molecule has 0 aliphatic heterocycles. The minimum Gasteiger partial charge on any atom is -0.427 e. The Labute approximate surface area is 143 Å². The smallest absolute Gasteiger partial charge is 0.311 e. The largest absolute Gasteiger partial charge is 0.427 e. The fourth-order valence-electron chi connectivity index (χ4n) is 2.19. The lowest BCUT2D eigenvalue weighted by Crippen LogP contribution is -2.06. The number of carbonyl (C=O) groups excluding carboxylic acids is 1. The zero-order valence-electron chi connectivity index (χ0n) is 14.4. The summed E-state index contributed by atoms with van der Waals surface area (Å²) < 4.78 is 5.21. The second-order valence-corrected chi connectivity index (χ2v) is 5.69. The third-order valence-corrected chi connectivity index (χ3v) is 3.56. The molecule has 0 bridgehead atoms. The van der Waals surface area contributed by atoms with Crippen molar-refractivity contribution in [3.63, 3.8) is 0 Å². The lowest BCUT2D eigenvalue weighted by molar-refractivity contribution is -0.134. The molecule has 0 saturated heterocycles. The maximum atomic E-state index is 11.4. The summed E-state index contributed by atoms with van der Waals surface area (Å²) in [6.07, 6.45) is 4.71. The van der Waals surface area contributed by atoms with E-state index in [4.69, 9.17) is 4.74 Å². The van der Waals surface area contributed by atoms with Gasteiger partial charge in [-0.25, -0.2) is 0 Å². The van der Waals surface area contributed by atoms with E-state index in [0.717, 1.165) is 24.2 Å². The number of nitrogens with zero attached hydrogens (tertiary/aromatic N) is 2. The van der Waals surface area contributed by atoms with Gasteiger partial charge in [-0.15, -0.1) is 0 Å². The molecule has 0 amide bonds. The lowest BCUT2D eigenvalue weighted by atomic mass is 10.1. The average Bonchev–Trinajstić information content (AvgIpc) is 2.60. The molecular weight excluding hydrogens is 300 g/mol. The Balaban J connectivity index is 1.92. The number of unbranched alkanes of at least 4 members (excludes halogenated alkanes) is 1. The van der Waals surface area contributed by atoms with Gasteiger partial charge in [-0.3, -0.25) is 4.79 Å². The summed E-state index contributed by atoms with van der Waals surface area (Å²) in [6, 6.07) is 15.2. The van der Waals surface area contributed by atoms with Gasteiger partial charge in [0.25, 0.3) is 0 Å². The highest BCUT2D eigenvalue weighted by atomic mass is 16.5. The van der Waals surface area contributed by atoms with Gasteiger partial charge in [-0.2, -0.15) is 10.2 Å². The van der Waals surface area contributed by atoms with Crippen molar-refractivity contribution in [2.24, 2.45) is 10.2 Å². The SMILES string of the molecule is CCCCc1ccc(N=Nc2ccc(OC(=O)CCC)cc2)cc1. The van der Waals surface area contributed by atoms with E-state index in [1.165, 1.54) is 18.4 Å². The number of esters is 1. The van der Waals surface area contributed by atoms with E-state index >= 15 is 0 Å². The number of hydrogen-bond donors (Lipinski definition) is 0. The van der Waals surface area contributed by atoms with Crippen LogP contribution >= 0.6 is 0 Å². The van der Waals surface area contributed by atoms with Crippen LogP contribution in [0.4, 0.5) is 11.4 Å². The molecule has 0 radical (unpaired) electrons. The van der Waals surface area contributed by atoms with Gasteiger partial charge in [0.15, 0.2) is 0 Å². The first-order valence-electron chi connectivity index (χ1n) is 8.52. The van der Waals surface area contributed by atoms with E-state index in [0.29, 0.717) is 12.2 Å². The van der Waals surface area contributed by atoms with Crippen molar-refractivity contribution in [2.75, 3.05) is 0 Å². The molecule has 2 aromatic carbocycles. The van der Waals surface area contributed by atoms with Crippen LogP contribution in [-0.2, 0) is 11.2 Å². The third kappa shape index (κ3) is 5.95. The van der Waals surface area contributed by atoms with Gasteiger partial charge >= 0.3 is 5.97 Å². The van der Waals surface area contributed by atoms with Gasteiger partial charge < -0.3 is 4.74 Å². The molecule has 4 heteroatoms. The van der Waals surface area contributed by atoms with E-state index in [1.807, 2.05) is 19.1 Å². The minimum absolute atomic E-state index is 0.213. The summed E-state index contributed by atoms with van der Waals surface area (Å²) in [5.41, 5.74) is 2.88. The standard InChI is InChI=1S/C20H24N2O2/c1-3-5-7-16-8-10-17(11-9-16)21-22-18-12-14-19(15-13-18)24-20(23)6-4-2/h8-15H,3-7H2,1-2H3. The average molecular weight is 324 g/mol. The summed E-state index contributed by atoms with van der Waals surface area (Å²) in [6.45, 7) is 4.14. The predicted octanol–water partition coefficient (Wildman–Crippen LogP) is 6.15. The van der Waals surface area contributed by atoms with E-state index in [9.17, 15) is 4.79 Å². The van der Waals surface area contributed by atoms with Crippen molar-refractivity contribution in [2.45, 2.75) is 46.0 Å². The molecular formula is C20H24N2O2. The van der Waals surface area contributed by atoms with Gasteiger partial charge in [-0.1, -0.05) is 32.4 Å². The number of carbonyl (C=O) groups is 1. The molecule has 0 spiro atoms. The minimum atomic E-state index is -0.213. The second-order valence-electron chi connectivity index (χ2n) is 5.69. The second kappa shape index (κ2) is 9.60. The summed E-state index contributed by atoms with van der Waals surface area (Å²) in [5, 5.41) is 8.44. The Kier molecular flexibility index (Phi) is 7.15. The van der Waals surface area contributed by atoms with E-state index in [1.54, 1.807) is 24.3 Å². The number of rotatable bonds is 8. The summed E-state index contributed by atoms with van der Waals surface area (Å²) in [4.78, 5) is 11.4. The first-order chi connectivity index (χ1) is 11.7. The quantitative estimate of drug-likeness (QED) is 0.332. The molecule has 2 rings (SSSR count). The van der Waals surface area contributed by atoms with Crippen LogP contribution < -0.4 is 4.74 Å². The highest BCUT2D eigenvalue weighted by Gasteiger charge is 2.02. The first-order valence-corrected chi connectivity index (χ1v) is 8.52. The topological polar surface area (TPSA) is 51.0 Å². The number of ether oxygens (including phenoxy) is 1. The monoisotopic (exact) mass is 324 g/mol. The van der Waals surface area contributed by atoms with E-state index < -0.39 is 0 Å². The Morgan fingerprint density at radius 3 is 2.00 bits per heavy atom. The van der Waals surface area contributed by atoms with Crippen molar-refractivity contribution in [1.29, 1.82) is 0 Å². The molecule has 0 aromatic heterocycles. The fraction of sp³-hybridized carbons (Fsp3) is 0.350. The normalized spacial score (nSPS) is 10.9. The molecule has 0 unspecified atom stereocenters. The molecule has 126 valence electrons. The maximum Gasteiger partial charge on any atom is 0.311 e. The molecule has 0 heterocycles. The van der Waals surface area contributed by atoms with Crippen LogP contribution in [-0.4, -0.2) is 5.97 Å². The van der Waals surface area contributed by atoms with Crippen LogP contribution in [0.5, 0.6) is 5.75 Å². The molecule has 0 N–H and O–H groups in total. The van der Waals surface area contributed by atoms with Gasteiger partial charge in [0.1, 0.15) is 5.75 Å². The molecule has 0 saturated carbocycles. The lowest BCUT2D eigenvalue weighted by Gasteiger charge is -2.03. The summed E-state index contributed by atoms with van der Waals surface area (Å²) in [5.74, 6) is 0.322. The van der Waals surface area contributed by atoms with Crippen LogP contribution in [0.2, 0.25) is 0 Å². The summed E-state index contributed by atoms with van der Waals surface area (Å²) >= 11 is 0. The van der Waals surface area contributed by atoms with Crippen molar-refractivity contribution in [3.8, 4) is 5.75 Å². The fourth-order valence-corrected chi connectivity index (χ4v) is 2.19. The maximum absolute atomic E-state index is 11.4. The third-order valence-electron chi connectivity index (χ3n) is 3.56. The van der Waals surface area contributed by atoms with Crippen LogP contribution in [0.3, 0.4) is 0 Å². The Morgan fingerprint density at radius 1 is 0.875 bits per heavy atom. The van der Waals surface area contributed by atoms with Crippen molar-refractivity contribution in [3.05, 3.63) is 54.1 Å². The predicted molar refractivity (Wildman–Crippen MR) is 96.2 cm³/mol. The number of azo groups is 1. The molecule has 24 heavy (non-hydrogen) atoms. The highest BCUT2D eigenvalue weighted by Crippen LogP contribution is 2.22. The number of hydrogen-bond acceptors (Lipinski definition) is 4. The molecule has 0 aliphatic carbocycles. The van der Waals surface area contributed by atoms with Crippen molar-refractivity contribution >= 4 is 17.3 Å². The van der Waals surface area contributed by atoms with Gasteiger partial charge in [-0.05, 0) is 61.2 Å². The van der Waals surface area contributed by atoms with Crippen molar-refractivity contribution < 1.29 is 9.53 Å². The Morgan fingerprint density at radius 2 is 1.46 bits per heavy atom. The molecule has 4 nitrogen and oxygen atoms in total. The first kappa shape index (κ1) is 17.9. The van der Waals surface area contributed by atoms with Crippen LogP contribution in [0, 0.1) is 0 Å². The molecule has 0 aliphatic rings. The highest BCUT2D eigenvalue weighted by molar-refractivity contribution is 5.72. The van der Waals surface area contributed by atoms with Gasteiger partial charge in [0.2, 0.25) is 0 Å². The molecule has 2 aromatic rings. The van der Waals surface area contributed by atoms with Crippen LogP contribution in [0.25, 0.3) is 0 Å². The Hall–Kier alpha value is -2.49. The van der Waals surface area contributed by atoms with Crippen molar-refractivity contribution in [1.82, 2.24) is 0 Å². The zero-order chi connectivity index (χ0) is 17.2. The summed E-state index contributed by atoms with van der Waals surface area (Å²) in [7, 11) is 0. The molecule has 0 atom stereocenters. The van der Waals surface area contributed by atoms with Crippen LogP contribution in [0.1, 0.15) is 45.1 Å². The Bertz CT molecular complexity index is 661. The molecule has 0 fully saturated rings. The number of aryl methyl sites for hydroxylation is 1. The number of benzene rings is 2. The van der Waals surface area contributed by atoms with E-state index in [2.05, 4.69) is 29.3 Å². The van der Waals surface area contributed by atoms with Gasteiger partial charge in [0.05, 0.1) is 11.4 Å². The van der Waals surface area contributed by atoms with Gasteiger partial charge in [0, 0.05) is 6.42 Å².